The minimum atomic E-state index is -1.17. The van der Waals surface area contributed by atoms with E-state index in [4.69, 9.17) is 9.84 Å². The van der Waals surface area contributed by atoms with Gasteiger partial charge in [0.25, 0.3) is 0 Å². The number of Topliss-reactive ketones (excluding diaryl/α,β-unsaturated/α-hetero) is 1. The van der Waals surface area contributed by atoms with E-state index < -0.39 is 17.9 Å². The number of rotatable bonds is 9. The summed E-state index contributed by atoms with van der Waals surface area (Å²) in [5.41, 5.74) is 1.69. The van der Waals surface area contributed by atoms with Crippen LogP contribution in [0.3, 0.4) is 0 Å². The Bertz CT molecular complexity index is 524. The first-order valence-electron chi connectivity index (χ1n) is 7.11. The van der Waals surface area contributed by atoms with Gasteiger partial charge in [-0.15, -0.1) is 0 Å². The number of benzene rings is 1. The van der Waals surface area contributed by atoms with Gasteiger partial charge in [0.15, 0.2) is 11.8 Å². The molecule has 1 aromatic carbocycles. The van der Waals surface area contributed by atoms with Crippen molar-refractivity contribution in [2.24, 2.45) is 0 Å². The smallest absolute Gasteiger partial charge is 0.328 e. The molecule has 0 saturated heterocycles. The topological polar surface area (TPSA) is 92.7 Å². The summed E-state index contributed by atoms with van der Waals surface area (Å²) in [7, 11) is 1.35. The highest BCUT2D eigenvalue weighted by atomic mass is 16.5. The Morgan fingerprint density at radius 3 is 2.32 bits per heavy atom. The van der Waals surface area contributed by atoms with Crippen LogP contribution in [-0.2, 0) is 20.7 Å². The third-order valence-corrected chi connectivity index (χ3v) is 3.23. The van der Waals surface area contributed by atoms with Crippen molar-refractivity contribution in [2.45, 2.75) is 32.2 Å². The minimum Gasteiger partial charge on any atom is -0.480 e. The number of ketones is 1. The van der Waals surface area contributed by atoms with E-state index in [9.17, 15) is 14.4 Å². The quantitative estimate of drug-likeness (QED) is 0.673. The highest BCUT2D eigenvalue weighted by molar-refractivity contribution is 5.98. The fourth-order valence-electron chi connectivity index (χ4n) is 1.91. The second-order valence-electron chi connectivity index (χ2n) is 4.89. The van der Waals surface area contributed by atoms with Gasteiger partial charge in [-0.3, -0.25) is 9.59 Å². The van der Waals surface area contributed by atoms with Crippen LogP contribution in [0.25, 0.3) is 0 Å². The van der Waals surface area contributed by atoms with Gasteiger partial charge in [-0.05, 0) is 12.0 Å². The second-order valence-corrected chi connectivity index (χ2v) is 4.89. The van der Waals surface area contributed by atoms with E-state index in [1.807, 2.05) is 19.1 Å². The molecular formula is C16H21NO5. The van der Waals surface area contributed by atoms with Crippen molar-refractivity contribution in [3.63, 3.8) is 0 Å². The summed E-state index contributed by atoms with van der Waals surface area (Å²) in [4.78, 5) is 34.5. The molecule has 0 aliphatic carbocycles. The number of hydrogen-bond donors (Lipinski definition) is 2. The van der Waals surface area contributed by atoms with E-state index in [0.717, 1.165) is 12.0 Å². The van der Waals surface area contributed by atoms with Crippen LogP contribution < -0.4 is 5.32 Å². The van der Waals surface area contributed by atoms with Crippen molar-refractivity contribution in [3.05, 3.63) is 35.4 Å². The molecule has 1 rings (SSSR count). The Kier molecular flexibility index (Phi) is 7.25. The number of carbonyl (C=O) groups is 3. The summed E-state index contributed by atoms with van der Waals surface area (Å²) in [5.74, 6) is -1.80. The maximum atomic E-state index is 12.0. The standard InChI is InChI=1S/C16H21NO5/c1-3-11-4-6-12(7-5-11)14(18)8-9-15(19)17-13(10-22-2)16(20)21/h4-7,13H,3,8-10H2,1-2H3,(H,17,19)(H,20,21). The van der Waals surface area contributed by atoms with Gasteiger partial charge in [-0.2, -0.15) is 0 Å². The van der Waals surface area contributed by atoms with E-state index in [-0.39, 0.29) is 25.2 Å². The first-order valence-corrected chi connectivity index (χ1v) is 7.11. The molecule has 1 amide bonds. The number of carbonyl (C=O) groups excluding carboxylic acids is 2. The van der Waals surface area contributed by atoms with E-state index in [2.05, 4.69) is 5.32 Å². The van der Waals surface area contributed by atoms with Crippen LogP contribution in [0.15, 0.2) is 24.3 Å². The van der Waals surface area contributed by atoms with Gasteiger partial charge in [0.05, 0.1) is 6.61 Å². The highest BCUT2D eigenvalue weighted by Crippen LogP contribution is 2.09. The summed E-state index contributed by atoms with van der Waals surface area (Å²) in [6.07, 6.45) is 0.880. The Morgan fingerprint density at radius 2 is 1.82 bits per heavy atom. The molecule has 0 spiro atoms. The third kappa shape index (κ3) is 5.65. The second kappa shape index (κ2) is 8.94. The van der Waals surface area contributed by atoms with E-state index in [1.54, 1.807) is 12.1 Å². The molecule has 0 fully saturated rings. The zero-order valence-corrected chi connectivity index (χ0v) is 12.8. The Balaban J connectivity index is 2.48. The van der Waals surface area contributed by atoms with Gasteiger partial charge in [0.1, 0.15) is 0 Å². The zero-order chi connectivity index (χ0) is 16.5. The van der Waals surface area contributed by atoms with E-state index in [0.29, 0.717) is 5.56 Å². The fourth-order valence-corrected chi connectivity index (χ4v) is 1.91. The molecule has 6 nitrogen and oxygen atoms in total. The average Bonchev–Trinajstić information content (AvgIpc) is 2.52. The molecule has 0 heterocycles. The van der Waals surface area contributed by atoms with Crippen LogP contribution in [0.4, 0.5) is 0 Å². The van der Waals surface area contributed by atoms with Crippen LogP contribution in [0.2, 0.25) is 0 Å². The molecule has 0 aliphatic heterocycles. The van der Waals surface area contributed by atoms with Gasteiger partial charge < -0.3 is 15.2 Å². The molecule has 22 heavy (non-hydrogen) atoms. The lowest BCUT2D eigenvalue weighted by atomic mass is 10.0. The monoisotopic (exact) mass is 307 g/mol. The van der Waals surface area contributed by atoms with Crippen LogP contribution in [0.5, 0.6) is 0 Å². The minimum absolute atomic E-state index is 0.0383. The molecule has 0 saturated carbocycles. The summed E-state index contributed by atoms with van der Waals surface area (Å²) >= 11 is 0. The summed E-state index contributed by atoms with van der Waals surface area (Å²) in [6.45, 7) is 1.91. The number of amides is 1. The van der Waals surface area contributed by atoms with Crippen molar-refractivity contribution < 1.29 is 24.2 Å². The summed E-state index contributed by atoms with van der Waals surface area (Å²) < 4.78 is 4.72. The largest absolute Gasteiger partial charge is 0.480 e. The molecule has 0 radical (unpaired) electrons. The molecule has 1 atom stereocenters. The molecule has 0 bridgehead atoms. The van der Waals surface area contributed by atoms with Crippen LogP contribution in [0.1, 0.15) is 35.7 Å². The van der Waals surface area contributed by atoms with Crippen LogP contribution >= 0.6 is 0 Å². The number of hydrogen-bond acceptors (Lipinski definition) is 4. The number of carboxylic acids is 1. The average molecular weight is 307 g/mol. The van der Waals surface area contributed by atoms with Gasteiger partial charge in [0.2, 0.25) is 5.91 Å². The molecule has 6 heteroatoms. The van der Waals surface area contributed by atoms with Gasteiger partial charge in [-0.25, -0.2) is 4.79 Å². The van der Waals surface area contributed by atoms with Crippen molar-refractivity contribution in [1.82, 2.24) is 5.32 Å². The first-order chi connectivity index (χ1) is 10.5. The normalized spacial score (nSPS) is 11.7. The van der Waals surface area contributed by atoms with Crippen molar-refractivity contribution in [3.8, 4) is 0 Å². The number of nitrogens with one attached hydrogen (secondary N) is 1. The molecule has 0 aromatic heterocycles. The maximum absolute atomic E-state index is 12.0. The fraction of sp³-hybridized carbons (Fsp3) is 0.438. The van der Waals surface area contributed by atoms with Crippen molar-refractivity contribution in [2.75, 3.05) is 13.7 Å². The molecule has 0 aliphatic rings. The lowest BCUT2D eigenvalue weighted by Gasteiger charge is -2.13. The van der Waals surface area contributed by atoms with Gasteiger partial charge in [0, 0.05) is 25.5 Å². The maximum Gasteiger partial charge on any atom is 0.328 e. The highest BCUT2D eigenvalue weighted by Gasteiger charge is 2.20. The Labute approximate surface area is 129 Å². The van der Waals surface area contributed by atoms with E-state index >= 15 is 0 Å². The molecule has 2 N–H and O–H groups in total. The van der Waals surface area contributed by atoms with Gasteiger partial charge >= 0.3 is 5.97 Å². The Morgan fingerprint density at radius 1 is 1.18 bits per heavy atom. The predicted molar refractivity (Wildman–Crippen MR) is 80.8 cm³/mol. The zero-order valence-electron chi connectivity index (χ0n) is 12.8. The first kappa shape index (κ1) is 17.8. The summed E-state index contributed by atoms with van der Waals surface area (Å²) in [6, 6.07) is 6.14. The van der Waals surface area contributed by atoms with Crippen molar-refractivity contribution in [1.29, 1.82) is 0 Å². The number of methoxy groups -OCH3 is 1. The van der Waals surface area contributed by atoms with Crippen LogP contribution in [-0.4, -0.2) is 42.5 Å². The number of aliphatic carboxylic acids is 1. The number of carboxylic acid groups (broad SMARTS) is 1. The van der Waals surface area contributed by atoms with E-state index in [1.165, 1.54) is 7.11 Å². The Hall–Kier alpha value is -2.21. The predicted octanol–water partition coefficient (Wildman–Crippen LogP) is 1.43. The van der Waals surface area contributed by atoms with Gasteiger partial charge in [-0.1, -0.05) is 31.2 Å². The SMILES string of the molecule is CCc1ccc(C(=O)CCC(=O)NC(COC)C(=O)O)cc1. The molecule has 120 valence electrons. The lowest BCUT2D eigenvalue weighted by Crippen LogP contribution is -2.43. The molecular weight excluding hydrogens is 286 g/mol. The number of ether oxygens (including phenoxy) is 1. The van der Waals surface area contributed by atoms with Crippen molar-refractivity contribution >= 4 is 17.7 Å². The summed E-state index contributed by atoms with van der Waals surface area (Å²) in [5, 5.41) is 11.2. The molecule has 1 aromatic rings. The third-order valence-electron chi connectivity index (χ3n) is 3.23. The van der Waals surface area contributed by atoms with Crippen LogP contribution in [0, 0.1) is 0 Å². The lowest BCUT2D eigenvalue weighted by molar-refractivity contribution is -0.143. The molecule has 1 unspecified atom stereocenters. The number of aryl methyl sites for hydroxylation is 1.